The van der Waals surface area contributed by atoms with Crippen LogP contribution in [0.1, 0.15) is 20.8 Å². The Morgan fingerprint density at radius 2 is 1.95 bits per heavy atom. The second-order valence-corrected chi connectivity index (χ2v) is 4.59. The van der Waals surface area contributed by atoms with Crippen LogP contribution in [0.3, 0.4) is 0 Å². The van der Waals surface area contributed by atoms with Crippen LogP contribution in [0.15, 0.2) is 24.3 Å². The van der Waals surface area contributed by atoms with Crippen LogP contribution >= 0.6 is 0 Å². The number of hydrogen-bond acceptors (Lipinski definition) is 5. The van der Waals surface area contributed by atoms with E-state index in [-0.39, 0.29) is 6.10 Å². The number of rotatable bonds is 7. The summed E-state index contributed by atoms with van der Waals surface area (Å²) in [5.41, 5.74) is 0.935. The molecular formula is C15H22N4O. The number of nitrogens with one attached hydrogen (secondary N) is 2. The minimum atomic E-state index is 0.149. The number of anilines is 2. The molecule has 1 atom stereocenters. The molecule has 1 aromatic carbocycles. The maximum Gasteiger partial charge on any atom is 0.225 e. The zero-order chi connectivity index (χ0) is 14.4. The summed E-state index contributed by atoms with van der Waals surface area (Å²) in [5.74, 6) is 1.50. The highest BCUT2D eigenvalue weighted by Gasteiger charge is 2.08. The van der Waals surface area contributed by atoms with Gasteiger partial charge in [0.15, 0.2) is 0 Å². The molecule has 0 spiro atoms. The minimum absolute atomic E-state index is 0.149. The second kappa shape index (κ2) is 7.05. The molecule has 0 aliphatic rings. The fourth-order valence-corrected chi connectivity index (χ4v) is 2.03. The number of aromatic nitrogens is 2. The lowest BCUT2D eigenvalue weighted by Crippen LogP contribution is -2.20. The van der Waals surface area contributed by atoms with Crippen LogP contribution in [-0.2, 0) is 4.74 Å². The molecule has 0 saturated heterocycles. The van der Waals surface area contributed by atoms with Crippen molar-refractivity contribution in [2.45, 2.75) is 26.9 Å². The molecule has 1 heterocycles. The Hall–Kier alpha value is -1.88. The maximum absolute atomic E-state index is 5.53. The van der Waals surface area contributed by atoms with Crippen molar-refractivity contribution >= 4 is 22.7 Å². The molecule has 0 radical (unpaired) electrons. The van der Waals surface area contributed by atoms with Crippen LogP contribution in [0.2, 0.25) is 0 Å². The van der Waals surface area contributed by atoms with Crippen molar-refractivity contribution < 1.29 is 4.74 Å². The van der Waals surface area contributed by atoms with E-state index in [2.05, 4.69) is 20.6 Å². The molecule has 0 saturated carbocycles. The summed E-state index contributed by atoms with van der Waals surface area (Å²) in [4.78, 5) is 9.03. The van der Waals surface area contributed by atoms with Gasteiger partial charge < -0.3 is 15.4 Å². The third kappa shape index (κ3) is 3.57. The Balaban J connectivity index is 2.25. The van der Waals surface area contributed by atoms with Gasteiger partial charge in [-0.1, -0.05) is 12.1 Å². The number of benzene rings is 1. The Morgan fingerprint density at radius 1 is 1.15 bits per heavy atom. The third-order valence-electron chi connectivity index (χ3n) is 2.95. The minimum Gasteiger partial charge on any atom is -0.377 e. The van der Waals surface area contributed by atoms with E-state index in [0.29, 0.717) is 5.95 Å². The summed E-state index contributed by atoms with van der Waals surface area (Å²) in [7, 11) is 0. The molecule has 5 nitrogen and oxygen atoms in total. The largest absolute Gasteiger partial charge is 0.377 e. The van der Waals surface area contributed by atoms with Gasteiger partial charge in [-0.2, -0.15) is 4.98 Å². The molecule has 0 aliphatic carbocycles. The summed E-state index contributed by atoms with van der Waals surface area (Å²) < 4.78 is 5.53. The summed E-state index contributed by atoms with van der Waals surface area (Å²) in [6, 6.07) is 8.00. The first kappa shape index (κ1) is 14.5. The lowest BCUT2D eigenvalue weighted by atomic mass is 10.2. The first-order chi connectivity index (χ1) is 9.74. The van der Waals surface area contributed by atoms with E-state index in [1.807, 2.05) is 45.0 Å². The fraction of sp³-hybridized carbons (Fsp3) is 0.467. The Labute approximate surface area is 119 Å². The summed E-state index contributed by atoms with van der Waals surface area (Å²) in [6.45, 7) is 8.32. The van der Waals surface area contributed by atoms with Crippen molar-refractivity contribution in [3.63, 3.8) is 0 Å². The molecule has 5 heteroatoms. The van der Waals surface area contributed by atoms with Crippen LogP contribution in [0.4, 0.5) is 11.8 Å². The van der Waals surface area contributed by atoms with Gasteiger partial charge in [-0.3, -0.25) is 0 Å². The van der Waals surface area contributed by atoms with E-state index < -0.39 is 0 Å². The number of hydrogen-bond donors (Lipinski definition) is 2. The normalized spacial score (nSPS) is 12.3. The van der Waals surface area contributed by atoms with Crippen molar-refractivity contribution in [2.24, 2.45) is 0 Å². The molecule has 108 valence electrons. The highest BCUT2D eigenvalue weighted by molar-refractivity contribution is 5.90. The molecule has 2 rings (SSSR count). The van der Waals surface area contributed by atoms with Crippen LogP contribution in [-0.4, -0.2) is 35.8 Å². The van der Waals surface area contributed by atoms with Crippen LogP contribution in [0.5, 0.6) is 0 Å². The zero-order valence-electron chi connectivity index (χ0n) is 12.3. The number of ether oxygens (including phenoxy) is 1. The van der Waals surface area contributed by atoms with Crippen molar-refractivity contribution in [3.05, 3.63) is 24.3 Å². The highest BCUT2D eigenvalue weighted by Crippen LogP contribution is 2.21. The average Bonchev–Trinajstić information content (AvgIpc) is 2.45. The fourth-order valence-electron chi connectivity index (χ4n) is 2.03. The standard InChI is InChI=1S/C15H22N4O/c1-4-16-15-18-13-9-7-6-8-12(13)14(19-15)17-10-11(3)20-5-2/h6-9,11H,4-5,10H2,1-3H3,(H2,16,17,18,19). The van der Waals surface area contributed by atoms with Gasteiger partial charge in [0.05, 0.1) is 11.6 Å². The second-order valence-electron chi connectivity index (χ2n) is 4.59. The molecule has 0 fully saturated rings. The summed E-state index contributed by atoms with van der Waals surface area (Å²) in [6.07, 6.45) is 0.149. The predicted molar refractivity (Wildman–Crippen MR) is 83.3 cm³/mol. The van der Waals surface area contributed by atoms with Crippen LogP contribution in [0.25, 0.3) is 10.9 Å². The maximum atomic E-state index is 5.53. The van der Waals surface area contributed by atoms with E-state index in [9.17, 15) is 0 Å². The highest BCUT2D eigenvalue weighted by atomic mass is 16.5. The van der Waals surface area contributed by atoms with Gasteiger partial charge in [-0.05, 0) is 32.9 Å². The molecule has 0 amide bonds. The van der Waals surface area contributed by atoms with Crippen molar-refractivity contribution in [3.8, 4) is 0 Å². The zero-order valence-corrected chi connectivity index (χ0v) is 12.3. The van der Waals surface area contributed by atoms with Crippen LogP contribution in [0, 0.1) is 0 Å². The third-order valence-corrected chi connectivity index (χ3v) is 2.95. The first-order valence-electron chi connectivity index (χ1n) is 7.10. The van der Waals surface area contributed by atoms with Gasteiger partial charge >= 0.3 is 0 Å². The molecule has 0 bridgehead atoms. The Bertz CT molecular complexity index is 559. The molecule has 2 N–H and O–H groups in total. The van der Waals surface area contributed by atoms with Gasteiger partial charge in [-0.25, -0.2) is 4.98 Å². The number of fused-ring (bicyclic) bond motifs is 1. The molecule has 0 aliphatic heterocycles. The summed E-state index contributed by atoms with van der Waals surface area (Å²) in [5, 5.41) is 7.54. The molecule has 1 aromatic heterocycles. The van der Waals surface area contributed by atoms with Crippen molar-refractivity contribution in [1.82, 2.24) is 9.97 Å². The lowest BCUT2D eigenvalue weighted by molar-refractivity contribution is 0.0855. The molecule has 2 aromatic rings. The van der Waals surface area contributed by atoms with E-state index in [1.54, 1.807) is 0 Å². The van der Waals surface area contributed by atoms with Gasteiger partial charge in [0, 0.05) is 25.1 Å². The average molecular weight is 274 g/mol. The van der Waals surface area contributed by atoms with Gasteiger partial charge in [0.2, 0.25) is 5.95 Å². The lowest BCUT2D eigenvalue weighted by Gasteiger charge is -2.15. The molecular weight excluding hydrogens is 252 g/mol. The first-order valence-corrected chi connectivity index (χ1v) is 7.10. The number of nitrogens with zero attached hydrogens (tertiary/aromatic N) is 2. The van der Waals surface area contributed by atoms with E-state index in [4.69, 9.17) is 4.74 Å². The van der Waals surface area contributed by atoms with Crippen molar-refractivity contribution in [2.75, 3.05) is 30.3 Å². The number of para-hydroxylation sites is 1. The van der Waals surface area contributed by atoms with E-state index >= 15 is 0 Å². The Kier molecular flexibility index (Phi) is 5.12. The van der Waals surface area contributed by atoms with Crippen LogP contribution < -0.4 is 10.6 Å². The monoisotopic (exact) mass is 274 g/mol. The Morgan fingerprint density at radius 3 is 2.70 bits per heavy atom. The van der Waals surface area contributed by atoms with Gasteiger partial charge in [0.25, 0.3) is 0 Å². The topological polar surface area (TPSA) is 59.1 Å². The molecule has 20 heavy (non-hydrogen) atoms. The summed E-state index contributed by atoms with van der Waals surface area (Å²) >= 11 is 0. The quantitative estimate of drug-likeness (QED) is 0.813. The molecule has 1 unspecified atom stereocenters. The van der Waals surface area contributed by atoms with Gasteiger partial charge in [-0.15, -0.1) is 0 Å². The smallest absolute Gasteiger partial charge is 0.225 e. The predicted octanol–water partition coefficient (Wildman–Crippen LogP) is 2.90. The van der Waals surface area contributed by atoms with E-state index in [1.165, 1.54) is 0 Å². The van der Waals surface area contributed by atoms with Gasteiger partial charge in [0.1, 0.15) is 5.82 Å². The van der Waals surface area contributed by atoms with Crippen molar-refractivity contribution in [1.29, 1.82) is 0 Å². The van der Waals surface area contributed by atoms with E-state index in [0.717, 1.165) is 36.4 Å². The SMILES string of the molecule is CCNc1nc(NCC(C)OCC)c2ccccc2n1.